The summed E-state index contributed by atoms with van der Waals surface area (Å²) in [6.45, 7) is 2.03. The lowest BCUT2D eigenvalue weighted by molar-refractivity contribution is -0.125. The number of amides is 1. The smallest absolute Gasteiger partial charge is 0.247 e. The van der Waals surface area contributed by atoms with Crippen molar-refractivity contribution in [2.24, 2.45) is 5.73 Å². The number of benzene rings is 1. The van der Waals surface area contributed by atoms with E-state index in [1.54, 1.807) is 4.68 Å². The zero-order valence-corrected chi connectivity index (χ0v) is 11.0. The molecule has 0 fully saturated rings. The average molecular weight is 276 g/mol. The van der Waals surface area contributed by atoms with Gasteiger partial charge in [-0.1, -0.05) is 12.1 Å². The molecule has 106 valence electrons. The van der Waals surface area contributed by atoms with E-state index >= 15 is 0 Å². The molecule has 0 radical (unpaired) electrons. The number of hydrogen-bond donors (Lipinski definition) is 3. The van der Waals surface area contributed by atoms with E-state index in [2.05, 4.69) is 20.8 Å². The Morgan fingerprint density at radius 3 is 3.00 bits per heavy atom. The summed E-state index contributed by atoms with van der Waals surface area (Å²) in [5, 5.41) is 23.4. The number of nitrogens with one attached hydrogen (secondary N) is 1. The lowest BCUT2D eigenvalue weighted by atomic mass is 10.1. The van der Waals surface area contributed by atoms with Crippen LogP contribution in [0.5, 0.6) is 0 Å². The van der Waals surface area contributed by atoms with E-state index in [0.717, 1.165) is 11.3 Å². The first-order valence-corrected chi connectivity index (χ1v) is 6.12. The van der Waals surface area contributed by atoms with Crippen molar-refractivity contribution in [3.8, 4) is 5.69 Å². The van der Waals surface area contributed by atoms with Crippen LogP contribution in [0.15, 0.2) is 30.6 Å². The summed E-state index contributed by atoms with van der Waals surface area (Å²) in [5.41, 5.74) is 6.81. The van der Waals surface area contributed by atoms with Crippen LogP contribution >= 0.6 is 0 Å². The fourth-order valence-corrected chi connectivity index (χ4v) is 1.72. The minimum absolute atomic E-state index is 0.0552. The van der Waals surface area contributed by atoms with Gasteiger partial charge in [-0.05, 0) is 35.0 Å². The van der Waals surface area contributed by atoms with Gasteiger partial charge in [0.1, 0.15) is 12.4 Å². The van der Waals surface area contributed by atoms with Gasteiger partial charge in [0.15, 0.2) is 0 Å². The van der Waals surface area contributed by atoms with E-state index in [-0.39, 0.29) is 12.6 Å². The second kappa shape index (κ2) is 6.22. The third-order valence-electron chi connectivity index (χ3n) is 2.93. The molecule has 0 aliphatic rings. The Bertz CT molecular complexity index is 571. The molecular formula is C12H16N6O2. The first-order valence-electron chi connectivity index (χ1n) is 6.12. The van der Waals surface area contributed by atoms with Crippen LogP contribution < -0.4 is 11.1 Å². The van der Waals surface area contributed by atoms with Crippen molar-refractivity contribution in [3.05, 3.63) is 36.2 Å². The fourth-order valence-electron chi connectivity index (χ4n) is 1.72. The number of carbonyl (C=O) groups excluding carboxylic acids is 1. The van der Waals surface area contributed by atoms with E-state index in [1.807, 2.05) is 31.2 Å². The Labute approximate surface area is 115 Å². The number of nitrogens with two attached hydrogens (primary N) is 1. The molecule has 8 heteroatoms. The van der Waals surface area contributed by atoms with Crippen LogP contribution in [0.3, 0.4) is 0 Å². The molecule has 2 unspecified atom stereocenters. The zero-order chi connectivity index (χ0) is 14.5. The van der Waals surface area contributed by atoms with Crippen LogP contribution in [0.4, 0.5) is 0 Å². The molecule has 1 heterocycles. The largest absolute Gasteiger partial charge is 0.382 e. The van der Waals surface area contributed by atoms with Gasteiger partial charge in [-0.15, -0.1) is 5.10 Å². The van der Waals surface area contributed by atoms with Crippen molar-refractivity contribution in [2.45, 2.75) is 19.1 Å². The minimum atomic E-state index is -1.19. The number of primary amides is 1. The maximum absolute atomic E-state index is 10.8. The van der Waals surface area contributed by atoms with Gasteiger partial charge in [0.2, 0.25) is 5.91 Å². The fraction of sp³-hybridized carbons (Fsp3) is 0.333. The van der Waals surface area contributed by atoms with Crippen LogP contribution in [0.25, 0.3) is 5.69 Å². The van der Waals surface area contributed by atoms with E-state index in [0.29, 0.717) is 0 Å². The molecule has 0 saturated heterocycles. The highest BCUT2D eigenvalue weighted by molar-refractivity contribution is 5.78. The van der Waals surface area contributed by atoms with Crippen molar-refractivity contribution < 1.29 is 9.90 Å². The SMILES string of the molecule is CC(NCC(O)C(N)=O)c1cccc(-n2cnnn2)c1. The van der Waals surface area contributed by atoms with Gasteiger partial charge in [-0.3, -0.25) is 4.79 Å². The lowest BCUT2D eigenvalue weighted by Crippen LogP contribution is -2.38. The Morgan fingerprint density at radius 2 is 2.35 bits per heavy atom. The first-order chi connectivity index (χ1) is 9.58. The van der Waals surface area contributed by atoms with Gasteiger partial charge in [0.25, 0.3) is 0 Å². The van der Waals surface area contributed by atoms with Gasteiger partial charge < -0.3 is 16.2 Å². The summed E-state index contributed by atoms with van der Waals surface area (Å²) in [4.78, 5) is 10.8. The number of hydrogen-bond acceptors (Lipinski definition) is 6. The molecule has 20 heavy (non-hydrogen) atoms. The summed E-state index contributed by atoms with van der Waals surface area (Å²) >= 11 is 0. The summed E-state index contributed by atoms with van der Waals surface area (Å²) in [7, 11) is 0. The molecule has 2 rings (SSSR count). The number of rotatable bonds is 6. The maximum atomic E-state index is 10.8. The van der Waals surface area contributed by atoms with Crippen LogP contribution in [0, 0.1) is 0 Å². The second-order valence-electron chi connectivity index (χ2n) is 4.40. The van der Waals surface area contributed by atoms with Crippen molar-refractivity contribution in [1.82, 2.24) is 25.5 Å². The molecule has 1 aromatic carbocycles. The summed E-state index contributed by atoms with van der Waals surface area (Å²) < 4.78 is 1.55. The van der Waals surface area contributed by atoms with E-state index in [1.165, 1.54) is 6.33 Å². The maximum Gasteiger partial charge on any atom is 0.247 e. The van der Waals surface area contributed by atoms with Crippen molar-refractivity contribution in [2.75, 3.05) is 6.54 Å². The predicted octanol–water partition coefficient (Wildman–Crippen LogP) is -0.841. The monoisotopic (exact) mass is 276 g/mol. The highest BCUT2D eigenvalue weighted by atomic mass is 16.3. The Kier molecular flexibility index (Phi) is 4.38. The predicted molar refractivity (Wildman–Crippen MR) is 70.8 cm³/mol. The number of carbonyl (C=O) groups is 1. The Morgan fingerprint density at radius 1 is 1.55 bits per heavy atom. The number of aliphatic hydroxyl groups is 1. The topological polar surface area (TPSA) is 119 Å². The molecule has 2 atom stereocenters. The molecule has 0 aliphatic heterocycles. The molecule has 0 spiro atoms. The molecule has 1 aromatic heterocycles. The van der Waals surface area contributed by atoms with E-state index in [4.69, 9.17) is 5.73 Å². The summed E-state index contributed by atoms with van der Waals surface area (Å²) in [5.74, 6) is -0.743. The van der Waals surface area contributed by atoms with Crippen molar-refractivity contribution >= 4 is 5.91 Å². The standard InChI is InChI=1S/C12H16N6O2/c1-8(14-6-11(19)12(13)20)9-3-2-4-10(5-9)18-7-15-16-17-18/h2-5,7-8,11,14,19H,6H2,1H3,(H2,13,20). The normalized spacial score (nSPS) is 13.9. The zero-order valence-electron chi connectivity index (χ0n) is 11.0. The quantitative estimate of drug-likeness (QED) is 0.633. The molecule has 0 bridgehead atoms. The van der Waals surface area contributed by atoms with E-state index < -0.39 is 12.0 Å². The van der Waals surface area contributed by atoms with Gasteiger partial charge in [-0.25, -0.2) is 4.68 Å². The third-order valence-corrected chi connectivity index (χ3v) is 2.93. The Balaban J connectivity index is 2.05. The highest BCUT2D eigenvalue weighted by Gasteiger charge is 2.13. The van der Waals surface area contributed by atoms with Gasteiger partial charge in [0.05, 0.1) is 5.69 Å². The molecule has 0 aliphatic carbocycles. The van der Waals surface area contributed by atoms with Gasteiger partial charge >= 0.3 is 0 Å². The summed E-state index contributed by atoms with van der Waals surface area (Å²) in [6, 6.07) is 7.56. The lowest BCUT2D eigenvalue weighted by Gasteiger charge is -2.16. The molecule has 1 amide bonds. The van der Waals surface area contributed by atoms with Crippen molar-refractivity contribution in [1.29, 1.82) is 0 Å². The van der Waals surface area contributed by atoms with Crippen LogP contribution in [-0.4, -0.2) is 43.9 Å². The highest BCUT2D eigenvalue weighted by Crippen LogP contribution is 2.15. The van der Waals surface area contributed by atoms with Crippen LogP contribution in [0.1, 0.15) is 18.5 Å². The third kappa shape index (κ3) is 3.37. The summed E-state index contributed by atoms with van der Waals surface area (Å²) in [6.07, 6.45) is 0.314. The molecule has 0 saturated carbocycles. The molecule has 2 aromatic rings. The number of tetrazole rings is 1. The van der Waals surface area contributed by atoms with Gasteiger partial charge in [0, 0.05) is 12.6 Å². The van der Waals surface area contributed by atoms with Crippen molar-refractivity contribution in [3.63, 3.8) is 0 Å². The average Bonchev–Trinajstić information content (AvgIpc) is 2.98. The minimum Gasteiger partial charge on any atom is -0.382 e. The molecular weight excluding hydrogens is 260 g/mol. The molecule has 4 N–H and O–H groups in total. The van der Waals surface area contributed by atoms with Gasteiger partial charge in [-0.2, -0.15) is 0 Å². The Hall–Kier alpha value is -2.32. The second-order valence-corrected chi connectivity index (χ2v) is 4.40. The number of nitrogens with zero attached hydrogens (tertiary/aromatic N) is 4. The molecule has 8 nitrogen and oxygen atoms in total. The first kappa shape index (κ1) is 14.1. The number of aromatic nitrogens is 4. The van der Waals surface area contributed by atoms with Crippen LogP contribution in [0.2, 0.25) is 0 Å². The van der Waals surface area contributed by atoms with Crippen LogP contribution in [-0.2, 0) is 4.79 Å². The number of aliphatic hydroxyl groups excluding tert-OH is 1. The van der Waals surface area contributed by atoms with E-state index in [9.17, 15) is 9.90 Å².